The molecule has 0 aliphatic rings. The topological polar surface area (TPSA) is 54.9 Å². The second-order valence-electron chi connectivity index (χ2n) is 7.04. The number of fused-ring (bicyclic) bond motifs is 1. The van der Waals surface area contributed by atoms with Crippen molar-refractivity contribution in [2.75, 3.05) is 11.1 Å². The number of halogens is 1. The van der Waals surface area contributed by atoms with Crippen molar-refractivity contribution in [3.05, 3.63) is 83.7 Å². The molecule has 0 saturated heterocycles. The lowest BCUT2D eigenvalue weighted by Crippen LogP contribution is -2.14. The van der Waals surface area contributed by atoms with E-state index in [-0.39, 0.29) is 17.5 Å². The summed E-state index contributed by atoms with van der Waals surface area (Å²) >= 11 is 1.35. The summed E-state index contributed by atoms with van der Waals surface area (Å²) in [6, 6.07) is 19.8. The van der Waals surface area contributed by atoms with Crippen LogP contribution in [0.1, 0.15) is 11.1 Å². The fraction of sp³-hybridized carbons (Fsp3) is 0.125. The van der Waals surface area contributed by atoms with Gasteiger partial charge in [0.25, 0.3) is 0 Å². The summed E-state index contributed by atoms with van der Waals surface area (Å²) in [5.74, 6) is -0.170. The van der Waals surface area contributed by atoms with Crippen LogP contribution in [0.3, 0.4) is 0 Å². The van der Waals surface area contributed by atoms with Crippen LogP contribution in [0, 0.1) is 19.7 Å². The van der Waals surface area contributed by atoms with Gasteiger partial charge in [0, 0.05) is 22.0 Å². The average molecular weight is 418 g/mol. The van der Waals surface area contributed by atoms with Gasteiger partial charge in [-0.1, -0.05) is 42.1 Å². The maximum absolute atomic E-state index is 13.3. The molecule has 1 heterocycles. The molecular formula is C24H20FN3OS. The number of aromatic nitrogens is 2. The van der Waals surface area contributed by atoms with E-state index in [9.17, 15) is 9.18 Å². The van der Waals surface area contributed by atoms with Gasteiger partial charge in [-0.25, -0.2) is 4.39 Å². The van der Waals surface area contributed by atoms with E-state index in [2.05, 4.69) is 15.5 Å². The number of aryl methyl sites for hydroxylation is 2. The lowest BCUT2D eigenvalue weighted by atomic mass is 10.1. The Morgan fingerprint density at radius 1 is 0.933 bits per heavy atom. The van der Waals surface area contributed by atoms with Crippen molar-refractivity contribution in [3.63, 3.8) is 0 Å². The van der Waals surface area contributed by atoms with Gasteiger partial charge in [0.15, 0.2) is 0 Å². The maximum Gasteiger partial charge on any atom is 0.234 e. The van der Waals surface area contributed by atoms with E-state index in [0.717, 1.165) is 27.6 Å². The standard InChI is InChI=1S/C24H20FN3OS/c1-15-7-12-19(13-16(15)2)26-22(29)14-30-24-21-6-4-3-5-20(21)23(27-28-24)17-8-10-18(25)11-9-17/h3-13H,14H2,1-2H3,(H,26,29). The molecule has 0 fully saturated rings. The molecule has 0 bridgehead atoms. The van der Waals surface area contributed by atoms with Crippen LogP contribution in [0.5, 0.6) is 0 Å². The molecule has 4 aromatic rings. The largest absolute Gasteiger partial charge is 0.325 e. The van der Waals surface area contributed by atoms with Crippen LogP contribution >= 0.6 is 11.8 Å². The summed E-state index contributed by atoms with van der Waals surface area (Å²) in [5.41, 5.74) is 4.59. The summed E-state index contributed by atoms with van der Waals surface area (Å²) in [5, 5.41) is 14.2. The zero-order valence-corrected chi connectivity index (χ0v) is 17.5. The Kier molecular flexibility index (Phi) is 5.77. The van der Waals surface area contributed by atoms with Gasteiger partial charge in [0.1, 0.15) is 16.5 Å². The SMILES string of the molecule is Cc1ccc(NC(=O)CSc2nnc(-c3ccc(F)cc3)c3ccccc23)cc1C. The molecule has 1 amide bonds. The average Bonchev–Trinajstić information content (AvgIpc) is 2.75. The van der Waals surface area contributed by atoms with Gasteiger partial charge in [-0.2, -0.15) is 0 Å². The predicted octanol–water partition coefficient (Wildman–Crippen LogP) is 5.78. The molecule has 4 nitrogen and oxygen atoms in total. The Hall–Kier alpha value is -3.25. The summed E-state index contributed by atoms with van der Waals surface area (Å²) < 4.78 is 13.3. The third-order valence-corrected chi connectivity index (χ3v) is 5.88. The molecule has 0 aliphatic carbocycles. The first-order valence-electron chi connectivity index (χ1n) is 9.52. The Morgan fingerprint density at radius 2 is 1.67 bits per heavy atom. The van der Waals surface area contributed by atoms with E-state index in [1.165, 1.54) is 29.5 Å². The van der Waals surface area contributed by atoms with E-state index in [0.29, 0.717) is 10.7 Å². The molecule has 4 rings (SSSR count). The van der Waals surface area contributed by atoms with Crippen molar-refractivity contribution in [3.8, 4) is 11.3 Å². The molecule has 150 valence electrons. The third kappa shape index (κ3) is 4.33. The summed E-state index contributed by atoms with van der Waals surface area (Å²) in [6.45, 7) is 4.06. The van der Waals surface area contributed by atoms with Gasteiger partial charge < -0.3 is 5.32 Å². The van der Waals surface area contributed by atoms with Gasteiger partial charge in [-0.3, -0.25) is 4.79 Å². The summed E-state index contributed by atoms with van der Waals surface area (Å²) in [6.07, 6.45) is 0. The van der Waals surface area contributed by atoms with Crippen LogP contribution in [0.4, 0.5) is 10.1 Å². The van der Waals surface area contributed by atoms with Crippen LogP contribution in [0.2, 0.25) is 0 Å². The van der Waals surface area contributed by atoms with Gasteiger partial charge >= 0.3 is 0 Å². The highest BCUT2D eigenvalue weighted by molar-refractivity contribution is 8.00. The fourth-order valence-electron chi connectivity index (χ4n) is 3.16. The normalized spacial score (nSPS) is 10.9. The zero-order valence-electron chi connectivity index (χ0n) is 16.6. The third-order valence-electron chi connectivity index (χ3n) is 4.90. The van der Waals surface area contributed by atoms with Crippen molar-refractivity contribution in [1.29, 1.82) is 0 Å². The first-order valence-corrected chi connectivity index (χ1v) is 10.5. The molecule has 0 radical (unpaired) electrons. The number of thioether (sulfide) groups is 1. The molecule has 1 N–H and O–H groups in total. The van der Waals surface area contributed by atoms with Gasteiger partial charge in [-0.15, -0.1) is 10.2 Å². The summed E-state index contributed by atoms with van der Waals surface area (Å²) in [7, 11) is 0. The zero-order chi connectivity index (χ0) is 21.1. The van der Waals surface area contributed by atoms with Crippen LogP contribution in [-0.4, -0.2) is 21.9 Å². The van der Waals surface area contributed by atoms with Crippen LogP contribution in [0.25, 0.3) is 22.0 Å². The van der Waals surface area contributed by atoms with E-state index in [1.54, 1.807) is 12.1 Å². The molecule has 1 aromatic heterocycles. The van der Waals surface area contributed by atoms with Gasteiger partial charge in [0.05, 0.1) is 5.75 Å². The Labute approximate surface area is 178 Å². The number of nitrogens with one attached hydrogen (secondary N) is 1. The predicted molar refractivity (Wildman–Crippen MR) is 120 cm³/mol. The van der Waals surface area contributed by atoms with E-state index in [4.69, 9.17) is 0 Å². The minimum Gasteiger partial charge on any atom is -0.325 e. The van der Waals surface area contributed by atoms with Crippen molar-refractivity contribution < 1.29 is 9.18 Å². The number of nitrogens with zero attached hydrogens (tertiary/aromatic N) is 2. The highest BCUT2D eigenvalue weighted by atomic mass is 32.2. The summed E-state index contributed by atoms with van der Waals surface area (Å²) in [4.78, 5) is 12.4. The van der Waals surface area contributed by atoms with E-state index < -0.39 is 0 Å². The van der Waals surface area contributed by atoms with E-state index in [1.807, 2.05) is 56.3 Å². The van der Waals surface area contributed by atoms with Crippen LogP contribution in [-0.2, 0) is 4.79 Å². The maximum atomic E-state index is 13.3. The van der Waals surface area contributed by atoms with Crippen molar-refractivity contribution in [2.24, 2.45) is 0 Å². The Balaban J connectivity index is 1.54. The first-order chi connectivity index (χ1) is 14.5. The highest BCUT2D eigenvalue weighted by Crippen LogP contribution is 2.31. The molecule has 3 aromatic carbocycles. The van der Waals surface area contributed by atoms with Crippen molar-refractivity contribution >= 4 is 34.1 Å². The minimum atomic E-state index is -0.294. The van der Waals surface area contributed by atoms with E-state index >= 15 is 0 Å². The number of rotatable bonds is 5. The fourth-order valence-corrected chi connectivity index (χ4v) is 3.93. The van der Waals surface area contributed by atoms with Gasteiger partial charge in [0.2, 0.25) is 5.91 Å². The number of amides is 1. The quantitative estimate of drug-likeness (QED) is 0.418. The van der Waals surface area contributed by atoms with Crippen LogP contribution < -0.4 is 5.32 Å². The number of hydrogen-bond donors (Lipinski definition) is 1. The lowest BCUT2D eigenvalue weighted by Gasteiger charge is -2.10. The lowest BCUT2D eigenvalue weighted by molar-refractivity contribution is -0.113. The van der Waals surface area contributed by atoms with Crippen molar-refractivity contribution in [1.82, 2.24) is 10.2 Å². The first kappa shape index (κ1) is 20.0. The number of anilines is 1. The Bertz CT molecular complexity index is 1230. The van der Waals surface area contributed by atoms with Crippen LogP contribution in [0.15, 0.2) is 71.8 Å². The smallest absolute Gasteiger partial charge is 0.234 e. The molecule has 0 spiro atoms. The molecular weight excluding hydrogens is 397 g/mol. The number of carbonyl (C=O) groups excluding carboxylic acids is 1. The monoisotopic (exact) mass is 417 g/mol. The van der Waals surface area contributed by atoms with Gasteiger partial charge in [-0.05, 0) is 61.4 Å². The Morgan fingerprint density at radius 3 is 2.40 bits per heavy atom. The molecule has 30 heavy (non-hydrogen) atoms. The minimum absolute atomic E-state index is 0.100. The second kappa shape index (κ2) is 8.63. The second-order valence-corrected chi connectivity index (χ2v) is 8.01. The number of benzene rings is 3. The molecule has 0 saturated carbocycles. The molecule has 0 aliphatic heterocycles. The molecule has 0 atom stereocenters. The highest BCUT2D eigenvalue weighted by Gasteiger charge is 2.13. The number of hydrogen-bond acceptors (Lipinski definition) is 4. The number of carbonyl (C=O) groups is 1. The molecule has 6 heteroatoms. The molecule has 0 unspecified atom stereocenters. The van der Waals surface area contributed by atoms with Crippen molar-refractivity contribution in [2.45, 2.75) is 18.9 Å².